The lowest BCUT2D eigenvalue weighted by molar-refractivity contribution is 0.174. The van der Waals surface area contributed by atoms with Gasteiger partial charge in [0.2, 0.25) is 6.79 Å². The summed E-state index contributed by atoms with van der Waals surface area (Å²) in [7, 11) is -3.07. The highest BCUT2D eigenvalue weighted by Gasteiger charge is 2.60. The fourth-order valence-electron chi connectivity index (χ4n) is 5.03. The predicted molar refractivity (Wildman–Crippen MR) is 142 cm³/mol. The van der Waals surface area contributed by atoms with Crippen LogP contribution in [0.4, 0.5) is 4.79 Å². The highest BCUT2D eigenvalue weighted by molar-refractivity contribution is 7.99. The molecule has 2 amide bonds. The van der Waals surface area contributed by atoms with Crippen molar-refractivity contribution in [1.82, 2.24) is 19.6 Å². The Morgan fingerprint density at radius 2 is 1.84 bits per heavy atom. The van der Waals surface area contributed by atoms with E-state index < -0.39 is 21.3 Å². The molecule has 1 saturated carbocycles. The summed E-state index contributed by atoms with van der Waals surface area (Å²) in [6, 6.07) is 22.3. The van der Waals surface area contributed by atoms with E-state index >= 15 is 0 Å². The van der Waals surface area contributed by atoms with Crippen LogP contribution in [0.3, 0.4) is 0 Å². The van der Waals surface area contributed by atoms with Gasteiger partial charge in [-0.1, -0.05) is 48.5 Å². The average molecular weight is 515 g/mol. The molecule has 3 unspecified atom stereocenters. The molecule has 1 aliphatic carbocycles. The minimum atomic E-state index is -3.07. The van der Waals surface area contributed by atoms with Gasteiger partial charge in [0.15, 0.2) is 11.5 Å². The summed E-state index contributed by atoms with van der Waals surface area (Å²) in [5.74, 6) is 5.83. The van der Waals surface area contributed by atoms with E-state index in [1.807, 2.05) is 78.4 Å². The first-order valence-corrected chi connectivity index (χ1v) is 13.6. The van der Waals surface area contributed by atoms with Crippen molar-refractivity contribution < 1.29 is 18.5 Å². The topological polar surface area (TPSA) is 94.5 Å². The van der Waals surface area contributed by atoms with Crippen LogP contribution < -0.4 is 19.5 Å². The SMILES string of the molecule is C=S(=O)(NC(=O)NC1(c2nccn2-c2ccc3c(c2)OCO3)CC1c1ccccc1)c1ccccc1C. The molecular formula is C28H26N4O4S. The van der Waals surface area contributed by atoms with E-state index in [2.05, 4.69) is 20.9 Å². The third-order valence-electron chi connectivity index (χ3n) is 6.88. The van der Waals surface area contributed by atoms with Gasteiger partial charge in [0.1, 0.15) is 11.4 Å². The van der Waals surface area contributed by atoms with Gasteiger partial charge in [-0.15, -0.1) is 0 Å². The summed E-state index contributed by atoms with van der Waals surface area (Å²) in [6.45, 7) is 2.03. The minimum Gasteiger partial charge on any atom is -0.454 e. The molecule has 1 aliphatic heterocycles. The molecule has 37 heavy (non-hydrogen) atoms. The molecule has 0 radical (unpaired) electrons. The Balaban J connectivity index is 1.35. The number of fused-ring (bicyclic) bond motifs is 1. The van der Waals surface area contributed by atoms with Crippen molar-refractivity contribution >= 4 is 21.6 Å². The lowest BCUT2D eigenvalue weighted by Crippen LogP contribution is -2.46. The molecule has 2 aliphatic rings. The van der Waals surface area contributed by atoms with Gasteiger partial charge >= 0.3 is 6.03 Å². The first-order chi connectivity index (χ1) is 17.9. The Labute approximate surface area is 215 Å². The monoisotopic (exact) mass is 514 g/mol. The Morgan fingerprint density at radius 3 is 2.65 bits per heavy atom. The van der Waals surface area contributed by atoms with Gasteiger partial charge < -0.3 is 19.4 Å². The van der Waals surface area contributed by atoms with Crippen LogP contribution in [0.5, 0.6) is 11.5 Å². The standard InChI is InChI=1S/C28H26N4O4S/c1-19-8-6-7-11-25(19)37(2,34)31-27(33)30-28(17-22(28)20-9-4-3-5-10-20)26-29-14-15-32(26)21-12-13-23-24(16-21)36-18-35-23/h3-16,22H,2,17-18H2,1H3,(H2,30,31,33,34). The number of aryl methyl sites for hydroxylation is 1. The Morgan fingerprint density at radius 1 is 1.08 bits per heavy atom. The Bertz CT molecular complexity index is 1600. The maximum atomic E-state index is 13.4. The Kier molecular flexibility index (Phi) is 5.45. The second kappa shape index (κ2) is 8.70. The van der Waals surface area contributed by atoms with E-state index in [4.69, 9.17) is 9.47 Å². The van der Waals surface area contributed by atoms with Gasteiger partial charge in [-0.2, -0.15) is 0 Å². The first kappa shape index (κ1) is 23.2. The predicted octanol–water partition coefficient (Wildman–Crippen LogP) is 4.28. The molecule has 0 bridgehead atoms. The molecule has 9 heteroatoms. The largest absolute Gasteiger partial charge is 0.454 e. The maximum Gasteiger partial charge on any atom is 0.327 e. The number of hydrogen-bond donors (Lipinski definition) is 2. The zero-order chi connectivity index (χ0) is 25.6. The molecule has 6 rings (SSSR count). The number of hydrogen-bond acceptors (Lipinski definition) is 5. The first-order valence-electron chi connectivity index (χ1n) is 11.9. The molecule has 1 aromatic heterocycles. The van der Waals surface area contributed by atoms with E-state index in [0.29, 0.717) is 28.6 Å². The molecule has 2 heterocycles. The fourth-order valence-corrected chi connectivity index (χ4v) is 6.38. The molecule has 2 N–H and O–H groups in total. The molecule has 4 aromatic rings. The van der Waals surface area contributed by atoms with Gasteiger partial charge in [-0.3, -0.25) is 4.72 Å². The van der Waals surface area contributed by atoms with Crippen molar-refractivity contribution in [3.8, 4) is 17.2 Å². The molecule has 188 valence electrons. The third kappa shape index (κ3) is 4.11. The van der Waals surface area contributed by atoms with E-state index in [-0.39, 0.29) is 12.7 Å². The van der Waals surface area contributed by atoms with Gasteiger partial charge in [0.25, 0.3) is 0 Å². The van der Waals surface area contributed by atoms with Crippen molar-refractivity contribution in [2.75, 3.05) is 6.79 Å². The van der Waals surface area contributed by atoms with E-state index in [1.54, 1.807) is 18.3 Å². The van der Waals surface area contributed by atoms with Gasteiger partial charge in [-0.05, 0) is 48.5 Å². The summed E-state index contributed by atoms with van der Waals surface area (Å²) >= 11 is 0. The third-order valence-corrected chi connectivity index (χ3v) is 8.56. The molecule has 3 atom stereocenters. The number of aromatic nitrogens is 2. The molecule has 0 saturated heterocycles. The number of benzene rings is 3. The number of nitrogens with zero attached hydrogens (tertiary/aromatic N) is 2. The van der Waals surface area contributed by atoms with Crippen LogP contribution >= 0.6 is 0 Å². The van der Waals surface area contributed by atoms with Gasteiger partial charge in [0.05, 0.1) is 20.3 Å². The number of carbonyl (C=O) groups is 1. The van der Waals surface area contributed by atoms with E-state index in [1.165, 1.54) is 0 Å². The number of ether oxygens (including phenoxy) is 2. The average Bonchev–Trinajstić information content (AvgIpc) is 3.23. The van der Waals surface area contributed by atoms with Crippen LogP contribution in [-0.2, 0) is 15.2 Å². The van der Waals surface area contributed by atoms with Crippen molar-refractivity contribution in [2.24, 2.45) is 0 Å². The molecule has 8 nitrogen and oxygen atoms in total. The highest BCUT2D eigenvalue weighted by Crippen LogP contribution is 2.58. The van der Waals surface area contributed by atoms with Crippen LogP contribution in [0.2, 0.25) is 0 Å². The fraction of sp³-hybridized carbons (Fsp3) is 0.179. The quantitative estimate of drug-likeness (QED) is 0.375. The summed E-state index contributed by atoms with van der Waals surface area (Å²) < 4.78 is 29.0. The summed E-state index contributed by atoms with van der Waals surface area (Å²) in [5, 5.41) is 3.12. The summed E-state index contributed by atoms with van der Waals surface area (Å²) in [5.41, 5.74) is 1.90. The molecular weight excluding hydrogens is 488 g/mol. The number of imidazole rings is 1. The number of urea groups is 1. The van der Waals surface area contributed by atoms with E-state index in [0.717, 1.165) is 16.8 Å². The van der Waals surface area contributed by atoms with Crippen LogP contribution in [0.1, 0.15) is 29.3 Å². The Hall–Kier alpha value is -4.24. The van der Waals surface area contributed by atoms with Crippen molar-refractivity contribution in [1.29, 1.82) is 0 Å². The zero-order valence-corrected chi connectivity index (χ0v) is 21.0. The smallest absolute Gasteiger partial charge is 0.327 e. The second-order valence-corrected chi connectivity index (χ2v) is 11.3. The molecule has 3 aromatic carbocycles. The lowest BCUT2D eigenvalue weighted by Gasteiger charge is -2.23. The number of rotatable bonds is 6. The summed E-state index contributed by atoms with van der Waals surface area (Å²) in [4.78, 5) is 18.5. The number of amides is 2. The number of carbonyl (C=O) groups excluding carboxylic acids is 1. The van der Waals surface area contributed by atoms with Gasteiger partial charge in [0, 0.05) is 24.4 Å². The highest BCUT2D eigenvalue weighted by atomic mass is 32.2. The van der Waals surface area contributed by atoms with Crippen LogP contribution in [0.15, 0.2) is 90.1 Å². The summed E-state index contributed by atoms with van der Waals surface area (Å²) in [6.07, 6.45) is 4.20. The second-order valence-electron chi connectivity index (χ2n) is 9.29. The van der Waals surface area contributed by atoms with Crippen LogP contribution in [-0.4, -0.2) is 32.5 Å². The van der Waals surface area contributed by atoms with Crippen molar-refractivity contribution in [2.45, 2.75) is 29.7 Å². The van der Waals surface area contributed by atoms with Crippen LogP contribution in [0, 0.1) is 6.92 Å². The zero-order valence-electron chi connectivity index (χ0n) is 20.2. The molecule has 1 fully saturated rings. The van der Waals surface area contributed by atoms with Crippen molar-refractivity contribution in [3.63, 3.8) is 0 Å². The maximum absolute atomic E-state index is 13.4. The van der Waals surface area contributed by atoms with Crippen molar-refractivity contribution in [3.05, 3.63) is 102 Å². The minimum absolute atomic E-state index is 0.0195. The van der Waals surface area contributed by atoms with Crippen LogP contribution in [0.25, 0.3) is 5.69 Å². The van der Waals surface area contributed by atoms with Gasteiger partial charge in [-0.25, -0.2) is 14.0 Å². The normalized spacial score (nSPS) is 21.2. The number of nitrogens with one attached hydrogen (secondary N) is 2. The van der Waals surface area contributed by atoms with E-state index in [9.17, 15) is 9.00 Å². The molecule has 0 spiro atoms. The lowest BCUT2D eigenvalue weighted by atomic mass is 10.1.